The van der Waals surface area contributed by atoms with Crippen LogP contribution in [0.3, 0.4) is 0 Å². The van der Waals surface area contributed by atoms with Gasteiger partial charge in [0.25, 0.3) is 0 Å². The average molecular weight is 235 g/mol. The lowest BCUT2D eigenvalue weighted by Gasteiger charge is -2.13. The first-order chi connectivity index (χ1) is 8.17. The van der Waals surface area contributed by atoms with Gasteiger partial charge in [0.15, 0.2) is 0 Å². The fraction of sp³-hybridized carbons (Fsp3) is 0.417. The van der Waals surface area contributed by atoms with Crippen molar-refractivity contribution in [1.29, 1.82) is 0 Å². The van der Waals surface area contributed by atoms with E-state index in [0.29, 0.717) is 18.7 Å². The number of hydrogen-bond donors (Lipinski definition) is 3. The first kappa shape index (κ1) is 11.6. The molecule has 2 rings (SSSR count). The summed E-state index contributed by atoms with van der Waals surface area (Å²) in [7, 11) is 1.61. The van der Waals surface area contributed by atoms with E-state index in [-0.39, 0.29) is 11.9 Å². The molecule has 92 valence electrons. The normalized spacial score (nSPS) is 18.9. The molecule has 5 heteroatoms. The highest BCUT2D eigenvalue weighted by Crippen LogP contribution is 2.22. The highest BCUT2D eigenvalue weighted by atomic mass is 16.5. The third-order valence-corrected chi connectivity index (χ3v) is 2.80. The van der Waals surface area contributed by atoms with Gasteiger partial charge in [-0.15, -0.1) is 0 Å². The van der Waals surface area contributed by atoms with Crippen LogP contribution in [0.2, 0.25) is 0 Å². The topological polar surface area (TPSA) is 76.4 Å². The van der Waals surface area contributed by atoms with Gasteiger partial charge < -0.3 is 21.1 Å². The van der Waals surface area contributed by atoms with E-state index in [1.54, 1.807) is 13.2 Å². The summed E-state index contributed by atoms with van der Waals surface area (Å²) in [5.41, 5.74) is 7.31. The molecule has 1 saturated heterocycles. The second-order valence-electron chi connectivity index (χ2n) is 4.18. The van der Waals surface area contributed by atoms with Gasteiger partial charge in [-0.05, 0) is 12.5 Å². The van der Waals surface area contributed by atoms with Crippen molar-refractivity contribution in [3.63, 3.8) is 0 Å². The van der Waals surface area contributed by atoms with Crippen molar-refractivity contribution in [3.05, 3.63) is 18.2 Å². The molecule has 4 N–H and O–H groups in total. The zero-order chi connectivity index (χ0) is 12.3. The van der Waals surface area contributed by atoms with Crippen LogP contribution in [0.15, 0.2) is 18.2 Å². The lowest BCUT2D eigenvalue weighted by atomic mass is 10.2. The lowest BCUT2D eigenvalue weighted by molar-refractivity contribution is -0.119. The molecule has 1 heterocycles. The van der Waals surface area contributed by atoms with Crippen molar-refractivity contribution in [3.8, 4) is 5.75 Å². The summed E-state index contributed by atoms with van der Waals surface area (Å²) in [4.78, 5) is 11.0. The van der Waals surface area contributed by atoms with Gasteiger partial charge >= 0.3 is 0 Å². The number of benzene rings is 1. The van der Waals surface area contributed by atoms with Crippen molar-refractivity contribution >= 4 is 17.3 Å². The van der Waals surface area contributed by atoms with Crippen LogP contribution in [0.1, 0.15) is 12.8 Å². The molecule has 1 amide bonds. The standard InChI is InChI=1S/C12H17N3O2/c1-17-11-5-8(13)4-10(6-11)14-7-9-2-3-12(16)15-9/h4-6,9,14H,2-3,7,13H2,1H3,(H,15,16). The molecule has 0 spiro atoms. The summed E-state index contributed by atoms with van der Waals surface area (Å²) in [5.74, 6) is 0.852. The fourth-order valence-electron chi connectivity index (χ4n) is 1.91. The minimum Gasteiger partial charge on any atom is -0.497 e. The average Bonchev–Trinajstić information content (AvgIpc) is 2.72. The Kier molecular flexibility index (Phi) is 3.37. The summed E-state index contributed by atoms with van der Waals surface area (Å²) in [6.45, 7) is 0.707. The van der Waals surface area contributed by atoms with Crippen LogP contribution in [0, 0.1) is 0 Å². The van der Waals surface area contributed by atoms with Crippen molar-refractivity contribution in [2.45, 2.75) is 18.9 Å². The summed E-state index contributed by atoms with van der Waals surface area (Å²) in [6, 6.07) is 5.70. The van der Waals surface area contributed by atoms with E-state index < -0.39 is 0 Å². The van der Waals surface area contributed by atoms with Crippen molar-refractivity contribution in [2.24, 2.45) is 0 Å². The summed E-state index contributed by atoms with van der Waals surface area (Å²) in [5, 5.41) is 6.15. The van der Waals surface area contributed by atoms with Gasteiger partial charge in [0.2, 0.25) is 5.91 Å². The Hall–Kier alpha value is -1.91. The van der Waals surface area contributed by atoms with E-state index in [1.807, 2.05) is 12.1 Å². The predicted octanol–water partition coefficient (Wildman–Crippen LogP) is 0.968. The number of nitrogens with two attached hydrogens (primary N) is 1. The summed E-state index contributed by atoms with van der Waals surface area (Å²) in [6.07, 6.45) is 1.50. The SMILES string of the molecule is COc1cc(N)cc(NCC2CCC(=O)N2)c1. The smallest absolute Gasteiger partial charge is 0.220 e. The molecule has 1 aromatic carbocycles. The first-order valence-corrected chi connectivity index (χ1v) is 5.65. The molecule has 0 saturated carbocycles. The zero-order valence-corrected chi connectivity index (χ0v) is 9.82. The molecule has 0 radical (unpaired) electrons. The van der Waals surface area contributed by atoms with Crippen LogP contribution in [-0.2, 0) is 4.79 Å². The number of anilines is 2. The second kappa shape index (κ2) is 4.95. The Labute approximate surface area is 100 Å². The van der Waals surface area contributed by atoms with E-state index in [4.69, 9.17) is 10.5 Å². The van der Waals surface area contributed by atoms with Crippen LogP contribution in [0.5, 0.6) is 5.75 Å². The molecular formula is C12H17N3O2. The number of rotatable bonds is 4. The van der Waals surface area contributed by atoms with E-state index in [1.165, 1.54) is 0 Å². The van der Waals surface area contributed by atoms with Crippen molar-refractivity contribution in [1.82, 2.24) is 5.32 Å². The number of hydrogen-bond acceptors (Lipinski definition) is 4. The first-order valence-electron chi connectivity index (χ1n) is 5.65. The molecule has 1 atom stereocenters. The summed E-state index contributed by atoms with van der Waals surface area (Å²) < 4.78 is 5.13. The van der Waals surface area contributed by atoms with Gasteiger partial charge in [0.05, 0.1) is 7.11 Å². The van der Waals surface area contributed by atoms with E-state index >= 15 is 0 Å². The van der Waals surface area contributed by atoms with Crippen LogP contribution in [0.25, 0.3) is 0 Å². The third-order valence-electron chi connectivity index (χ3n) is 2.80. The molecule has 1 aliphatic rings. The molecule has 1 fully saturated rings. The largest absolute Gasteiger partial charge is 0.497 e. The number of amides is 1. The Balaban J connectivity index is 1.94. The van der Waals surface area contributed by atoms with Gasteiger partial charge in [0.1, 0.15) is 5.75 Å². The molecule has 1 aliphatic heterocycles. The number of carbonyl (C=O) groups is 1. The second-order valence-corrected chi connectivity index (χ2v) is 4.18. The highest BCUT2D eigenvalue weighted by Gasteiger charge is 2.20. The molecule has 1 unspecified atom stereocenters. The number of nitrogen functional groups attached to an aromatic ring is 1. The molecule has 17 heavy (non-hydrogen) atoms. The van der Waals surface area contributed by atoms with Crippen molar-refractivity contribution in [2.75, 3.05) is 24.7 Å². The Morgan fingerprint density at radius 1 is 1.53 bits per heavy atom. The maximum Gasteiger partial charge on any atom is 0.220 e. The fourth-order valence-corrected chi connectivity index (χ4v) is 1.91. The Bertz CT molecular complexity index is 420. The quantitative estimate of drug-likeness (QED) is 0.680. The van der Waals surface area contributed by atoms with Crippen molar-refractivity contribution < 1.29 is 9.53 Å². The van der Waals surface area contributed by atoms with Crippen LogP contribution in [0.4, 0.5) is 11.4 Å². The minimum atomic E-state index is 0.127. The molecular weight excluding hydrogens is 218 g/mol. The molecule has 0 aromatic heterocycles. The number of carbonyl (C=O) groups excluding carboxylic acids is 1. The predicted molar refractivity (Wildman–Crippen MR) is 67.1 cm³/mol. The van der Waals surface area contributed by atoms with Gasteiger partial charge in [-0.2, -0.15) is 0 Å². The van der Waals surface area contributed by atoms with E-state index in [0.717, 1.165) is 17.9 Å². The van der Waals surface area contributed by atoms with Gasteiger partial charge in [0, 0.05) is 42.5 Å². The monoisotopic (exact) mass is 235 g/mol. The molecule has 0 aliphatic carbocycles. The maximum absolute atomic E-state index is 11.0. The van der Waals surface area contributed by atoms with E-state index in [9.17, 15) is 4.79 Å². The number of ether oxygens (including phenoxy) is 1. The third kappa shape index (κ3) is 3.03. The highest BCUT2D eigenvalue weighted by molar-refractivity contribution is 5.78. The van der Waals surface area contributed by atoms with Crippen LogP contribution in [-0.4, -0.2) is 25.6 Å². The molecule has 5 nitrogen and oxygen atoms in total. The van der Waals surface area contributed by atoms with Gasteiger partial charge in [-0.1, -0.05) is 0 Å². The minimum absolute atomic E-state index is 0.127. The zero-order valence-electron chi connectivity index (χ0n) is 9.82. The Morgan fingerprint density at radius 2 is 2.35 bits per heavy atom. The van der Waals surface area contributed by atoms with Crippen LogP contribution >= 0.6 is 0 Å². The number of methoxy groups -OCH3 is 1. The van der Waals surface area contributed by atoms with Gasteiger partial charge in [-0.3, -0.25) is 4.79 Å². The molecule has 0 bridgehead atoms. The van der Waals surface area contributed by atoms with Crippen LogP contribution < -0.4 is 21.1 Å². The maximum atomic E-state index is 11.0. The number of nitrogens with one attached hydrogen (secondary N) is 2. The lowest BCUT2D eigenvalue weighted by Crippen LogP contribution is -2.31. The summed E-state index contributed by atoms with van der Waals surface area (Å²) >= 11 is 0. The molecule has 1 aromatic rings. The Morgan fingerprint density at radius 3 is 3.00 bits per heavy atom. The van der Waals surface area contributed by atoms with E-state index in [2.05, 4.69) is 10.6 Å². The van der Waals surface area contributed by atoms with Gasteiger partial charge in [-0.25, -0.2) is 0 Å².